The molecule has 1 heterocycles. The molecule has 0 aliphatic carbocycles. The molecule has 1 unspecified atom stereocenters. The van der Waals surface area contributed by atoms with Crippen molar-refractivity contribution in [3.05, 3.63) is 35.4 Å². The molecule has 106 valence electrons. The van der Waals surface area contributed by atoms with E-state index >= 15 is 0 Å². The summed E-state index contributed by atoms with van der Waals surface area (Å²) in [5.41, 5.74) is 3.09. The van der Waals surface area contributed by atoms with Crippen molar-refractivity contribution in [2.75, 3.05) is 19.6 Å². The van der Waals surface area contributed by atoms with Gasteiger partial charge in [-0.25, -0.2) is 0 Å². The highest BCUT2D eigenvalue weighted by Crippen LogP contribution is 2.20. The molecule has 0 amide bonds. The lowest BCUT2D eigenvalue weighted by atomic mass is 10.0. The fraction of sp³-hybridized carbons (Fsp3) is 0.647. The zero-order chi connectivity index (χ0) is 13.5. The van der Waals surface area contributed by atoms with Crippen LogP contribution < -0.4 is 5.32 Å². The lowest BCUT2D eigenvalue weighted by Gasteiger charge is -2.28. The molecule has 1 aromatic carbocycles. The van der Waals surface area contributed by atoms with E-state index in [2.05, 4.69) is 48.3 Å². The van der Waals surface area contributed by atoms with Crippen LogP contribution in [0.1, 0.15) is 44.2 Å². The van der Waals surface area contributed by atoms with Gasteiger partial charge in [0.15, 0.2) is 0 Å². The summed E-state index contributed by atoms with van der Waals surface area (Å²) in [7, 11) is 0. The van der Waals surface area contributed by atoms with Crippen molar-refractivity contribution < 1.29 is 0 Å². The van der Waals surface area contributed by atoms with Crippen molar-refractivity contribution in [2.45, 2.75) is 52.1 Å². The maximum Gasteiger partial charge on any atom is 0.0239 e. The Labute approximate surface area is 118 Å². The highest BCUT2D eigenvalue weighted by atomic mass is 15.1. The summed E-state index contributed by atoms with van der Waals surface area (Å²) in [6, 6.07) is 9.63. The molecule has 19 heavy (non-hydrogen) atoms. The van der Waals surface area contributed by atoms with E-state index in [1.165, 1.54) is 37.8 Å². The van der Waals surface area contributed by atoms with Gasteiger partial charge in [0.2, 0.25) is 0 Å². The Morgan fingerprint density at radius 2 is 2.00 bits per heavy atom. The SMILES string of the molecule is CCCNCCC(C)N1CCCc2ccccc2C1. The van der Waals surface area contributed by atoms with Crippen LogP contribution in [0.2, 0.25) is 0 Å². The molecular formula is C17H28N2. The first-order chi connectivity index (χ1) is 9.31. The quantitative estimate of drug-likeness (QED) is 0.790. The molecule has 0 radical (unpaired) electrons. The summed E-state index contributed by atoms with van der Waals surface area (Å²) in [6.45, 7) is 9.27. The number of nitrogens with zero attached hydrogens (tertiary/aromatic N) is 1. The van der Waals surface area contributed by atoms with E-state index in [1.54, 1.807) is 5.56 Å². The lowest BCUT2D eigenvalue weighted by Crippen LogP contribution is -2.35. The van der Waals surface area contributed by atoms with E-state index in [4.69, 9.17) is 0 Å². The monoisotopic (exact) mass is 260 g/mol. The smallest absolute Gasteiger partial charge is 0.0239 e. The normalized spacial score (nSPS) is 17.8. The largest absolute Gasteiger partial charge is 0.317 e. The van der Waals surface area contributed by atoms with Crippen LogP contribution in [0.15, 0.2) is 24.3 Å². The fourth-order valence-corrected chi connectivity index (χ4v) is 2.90. The van der Waals surface area contributed by atoms with Crippen molar-refractivity contribution in [3.8, 4) is 0 Å². The van der Waals surface area contributed by atoms with Crippen molar-refractivity contribution >= 4 is 0 Å². The van der Waals surface area contributed by atoms with Gasteiger partial charge < -0.3 is 5.32 Å². The zero-order valence-corrected chi connectivity index (χ0v) is 12.5. The van der Waals surface area contributed by atoms with E-state index in [0.717, 1.165) is 19.6 Å². The van der Waals surface area contributed by atoms with Gasteiger partial charge in [0.1, 0.15) is 0 Å². The summed E-state index contributed by atoms with van der Waals surface area (Å²) in [6.07, 6.45) is 5.02. The number of fused-ring (bicyclic) bond motifs is 1. The van der Waals surface area contributed by atoms with Crippen LogP contribution in [-0.4, -0.2) is 30.6 Å². The van der Waals surface area contributed by atoms with E-state index in [0.29, 0.717) is 6.04 Å². The third-order valence-corrected chi connectivity index (χ3v) is 4.17. The van der Waals surface area contributed by atoms with Crippen LogP contribution in [0.3, 0.4) is 0 Å². The highest BCUT2D eigenvalue weighted by molar-refractivity contribution is 5.28. The molecule has 1 aromatic rings. The van der Waals surface area contributed by atoms with Crippen molar-refractivity contribution in [1.82, 2.24) is 10.2 Å². The maximum absolute atomic E-state index is 3.51. The molecule has 2 rings (SSSR count). The molecule has 2 nitrogen and oxygen atoms in total. The van der Waals surface area contributed by atoms with Crippen molar-refractivity contribution in [2.24, 2.45) is 0 Å². The summed E-state index contributed by atoms with van der Waals surface area (Å²) >= 11 is 0. The first-order valence-corrected chi connectivity index (χ1v) is 7.82. The second-order valence-corrected chi connectivity index (χ2v) is 5.73. The number of hydrogen-bond acceptors (Lipinski definition) is 2. The molecule has 0 spiro atoms. The molecule has 2 heteroatoms. The summed E-state index contributed by atoms with van der Waals surface area (Å²) < 4.78 is 0. The zero-order valence-electron chi connectivity index (χ0n) is 12.5. The average Bonchev–Trinajstić information content (AvgIpc) is 2.65. The Balaban J connectivity index is 1.87. The first-order valence-electron chi connectivity index (χ1n) is 7.82. The summed E-state index contributed by atoms with van der Waals surface area (Å²) in [5.74, 6) is 0. The van der Waals surface area contributed by atoms with Crippen molar-refractivity contribution in [1.29, 1.82) is 0 Å². The number of aryl methyl sites for hydroxylation is 1. The molecule has 1 aliphatic heterocycles. The van der Waals surface area contributed by atoms with Crippen LogP contribution in [0.4, 0.5) is 0 Å². The lowest BCUT2D eigenvalue weighted by molar-refractivity contribution is 0.193. The van der Waals surface area contributed by atoms with E-state index in [1.807, 2.05) is 0 Å². The van der Waals surface area contributed by atoms with Gasteiger partial charge in [-0.3, -0.25) is 4.90 Å². The predicted molar refractivity (Wildman–Crippen MR) is 82.4 cm³/mol. The Morgan fingerprint density at radius 3 is 2.79 bits per heavy atom. The highest BCUT2D eigenvalue weighted by Gasteiger charge is 2.18. The molecule has 1 N–H and O–H groups in total. The van der Waals surface area contributed by atoms with Gasteiger partial charge in [-0.2, -0.15) is 0 Å². The molecule has 0 fully saturated rings. The Hall–Kier alpha value is -0.860. The minimum absolute atomic E-state index is 0.676. The van der Waals surface area contributed by atoms with Crippen LogP contribution >= 0.6 is 0 Å². The van der Waals surface area contributed by atoms with Crippen molar-refractivity contribution in [3.63, 3.8) is 0 Å². The van der Waals surface area contributed by atoms with E-state index in [9.17, 15) is 0 Å². The van der Waals surface area contributed by atoms with Gasteiger partial charge in [0.25, 0.3) is 0 Å². The molecule has 1 atom stereocenters. The third-order valence-electron chi connectivity index (χ3n) is 4.17. The minimum atomic E-state index is 0.676. The van der Waals surface area contributed by atoms with Gasteiger partial charge in [-0.05, 0) is 63.4 Å². The Morgan fingerprint density at radius 1 is 1.21 bits per heavy atom. The van der Waals surface area contributed by atoms with Gasteiger partial charge in [-0.15, -0.1) is 0 Å². The second kappa shape index (κ2) is 7.66. The Bertz CT molecular complexity index is 375. The third kappa shape index (κ3) is 4.32. The maximum atomic E-state index is 3.51. The van der Waals surface area contributed by atoms with Gasteiger partial charge in [0, 0.05) is 12.6 Å². The van der Waals surface area contributed by atoms with Crippen LogP contribution in [0, 0.1) is 0 Å². The summed E-state index contributed by atoms with van der Waals surface area (Å²) in [4.78, 5) is 2.65. The summed E-state index contributed by atoms with van der Waals surface area (Å²) in [5, 5.41) is 3.51. The predicted octanol–water partition coefficient (Wildman–Crippen LogP) is 3.21. The van der Waals surface area contributed by atoms with E-state index in [-0.39, 0.29) is 0 Å². The van der Waals surface area contributed by atoms with Crippen LogP contribution in [0.25, 0.3) is 0 Å². The number of hydrogen-bond donors (Lipinski definition) is 1. The van der Waals surface area contributed by atoms with Crippen LogP contribution in [-0.2, 0) is 13.0 Å². The molecule has 0 bridgehead atoms. The number of nitrogens with one attached hydrogen (secondary N) is 1. The standard InChI is InChI=1S/C17H28N2/c1-3-11-18-12-10-15(2)19-13-6-9-16-7-4-5-8-17(16)14-19/h4-5,7-8,15,18H,3,6,9-14H2,1-2H3. The minimum Gasteiger partial charge on any atom is -0.317 e. The molecule has 1 aliphatic rings. The topological polar surface area (TPSA) is 15.3 Å². The molecule has 0 aromatic heterocycles. The fourth-order valence-electron chi connectivity index (χ4n) is 2.90. The Kier molecular flexibility index (Phi) is 5.87. The van der Waals surface area contributed by atoms with Crippen LogP contribution in [0.5, 0.6) is 0 Å². The van der Waals surface area contributed by atoms with Gasteiger partial charge in [-0.1, -0.05) is 31.2 Å². The first kappa shape index (κ1) is 14.5. The molecule has 0 saturated heterocycles. The molecular weight excluding hydrogens is 232 g/mol. The number of rotatable bonds is 6. The second-order valence-electron chi connectivity index (χ2n) is 5.73. The number of benzene rings is 1. The van der Waals surface area contributed by atoms with E-state index < -0.39 is 0 Å². The molecule has 0 saturated carbocycles. The van der Waals surface area contributed by atoms with Gasteiger partial charge >= 0.3 is 0 Å². The van der Waals surface area contributed by atoms with Gasteiger partial charge in [0.05, 0.1) is 0 Å². The average molecular weight is 260 g/mol.